The highest BCUT2D eigenvalue weighted by molar-refractivity contribution is 7.89. The first-order valence-corrected chi connectivity index (χ1v) is 9.84. The molecule has 0 radical (unpaired) electrons. The first kappa shape index (κ1) is 18.7. The Kier molecular flexibility index (Phi) is 5.63. The van der Waals surface area contributed by atoms with Gasteiger partial charge in [0.15, 0.2) is 5.82 Å². The zero-order valence-corrected chi connectivity index (χ0v) is 15.6. The SMILES string of the molecule is Cc1cccc(Nc2nncc(NCCc3ccc(S(N)(=O)=O)cc3)n2)c1. The number of anilines is 3. The van der Waals surface area contributed by atoms with Crippen molar-refractivity contribution in [3.63, 3.8) is 0 Å². The van der Waals surface area contributed by atoms with Crippen molar-refractivity contribution in [1.82, 2.24) is 15.2 Å². The maximum absolute atomic E-state index is 11.3. The summed E-state index contributed by atoms with van der Waals surface area (Å²) in [6.45, 7) is 2.62. The minimum absolute atomic E-state index is 0.103. The van der Waals surface area contributed by atoms with Crippen LogP contribution in [0.3, 0.4) is 0 Å². The number of nitrogens with one attached hydrogen (secondary N) is 2. The lowest BCUT2D eigenvalue weighted by molar-refractivity contribution is 0.598. The Morgan fingerprint density at radius 3 is 2.59 bits per heavy atom. The van der Waals surface area contributed by atoms with Crippen LogP contribution in [0.15, 0.2) is 59.6 Å². The number of benzene rings is 2. The summed E-state index contributed by atoms with van der Waals surface area (Å²) in [5.74, 6) is 1.00. The summed E-state index contributed by atoms with van der Waals surface area (Å²) in [6, 6.07) is 14.4. The average molecular weight is 384 g/mol. The van der Waals surface area contributed by atoms with Crippen LogP contribution in [0.1, 0.15) is 11.1 Å². The van der Waals surface area contributed by atoms with Gasteiger partial charge < -0.3 is 10.6 Å². The molecule has 0 fully saturated rings. The van der Waals surface area contributed by atoms with Crippen molar-refractivity contribution in [2.24, 2.45) is 5.14 Å². The Balaban J connectivity index is 1.57. The molecule has 1 heterocycles. The topological polar surface area (TPSA) is 123 Å². The Morgan fingerprint density at radius 1 is 1.11 bits per heavy atom. The molecule has 1 aromatic heterocycles. The van der Waals surface area contributed by atoms with Crippen LogP contribution in [0.5, 0.6) is 0 Å². The number of hydrogen-bond acceptors (Lipinski definition) is 7. The highest BCUT2D eigenvalue weighted by atomic mass is 32.2. The minimum atomic E-state index is -3.66. The van der Waals surface area contributed by atoms with Crippen molar-refractivity contribution < 1.29 is 8.42 Å². The molecule has 2 aromatic carbocycles. The van der Waals surface area contributed by atoms with Crippen LogP contribution >= 0.6 is 0 Å². The van der Waals surface area contributed by atoms with E-state index in [1.807, 2.05) is 31.2 Å². The van der Waals surface area contributed by atoms with Gasteiger partial charge in [0, 0.05) is 12.2 Å². The largest absolute Gasteiger partial charge is 0.368 e. The van der Waals surface area contributed by atoms with E-state index in [-0.39, 0.29) is 4.90 Å². The second-order valence-electron chi connectivity index (χ2n) is 6.03. The number of nitrogens with zero attached hydrogens (tertiary/aromatic N) is 3. The maximum atomic E-state index is 11.3. The number of aromatic nitrogens is 3. The molecule has 9 heteroatoms. The summed E-state index contributed by atoms with van der Waals surface area (Å²) in [5.41, 5.74) is 3.01. The first-order valence-electron chi connectivity index (χ1n) is 8.29. The van der Waals surface area contributed by atoms with E-state index in [1.165, 1.54) is 12.1 Å². The fourth-order valence-electron chi connectivity index (χ4n) is 2.47. The van der Waals surface area contributed by atoms with Gasteiger partial charge in [0.1, 0.15) is 0 Å². The van der Waals surface area contributed by atoms with Gasteiger partial charge in [-0.25, -0.2) is 13.6 Å². The van der Waals surface area contributed by atoms with Gasteiger partial charge in [-0.15, -0.1) is 5.10 Å². The van der Waals surface area contributed by atoms with Crippen LogP contribution in [0.2, 0.25) is 0 Å². The van der Waals surface area contributed by atoms with Crippen molar-refractivity contribution >= 4 is 27.5 Å². The number of hydrogen-bond donors (Lipinski definition) is 3. The number of nitrogens with two attached hydrogens (primary N) is 1. The van der Waals surface area contributed by atoms with E-state index in [9.17, 15) is 8.42 Å². The Bertz CT molecular complexity index is 1020. The highest BCUT2D eigenvalue weighted by Crippen LogP contribution is 2.15. The normalized spacial score (nSPS) is 11.2. The second kappa shape index (κ2) is 8.11. The fraction of sp³-hybridized carbons (Fsp3) is 0.167. The standard InChI is InChI=1S/C18H20N6O2S/c1-13-3-2-4-15(11-13)22-18-23-17(12-21-24-18)20-10-9-14-5-7-16(8-6-14)27(19,25)26/h2-8,11-12H,9-10H2,1H3,(H2,19,25,26)(H2,20,22,23,24). The Morgan fingerprint density at radius 2 is 1.89 bits per heavy atom. The smallest absolute Gasteiger partial charge is 0.249 e. The quantitative estimate of drug-likeness (QED) is 0.571. The van der Waals surface area contributed by atoms with Crippen LogP contribution in [-0.2, 0) is 16.4 Å². The van der Waals surface area contributed by atoms with Crippen molar-refractivity contribution in [2.75, 3.05) is 17.2 Å². The van der Waals surface area contributed by atoms with Crippen LogP contribution in [-0.4, -0.2) is 30.1 Å². The van der Waals surface area contributed by atoms with Gasteiger partial charge in [0.25, 0.3) is 0 Å². The molecule has 0 bridgehead atoms. The van der Waals surface area contributed by atoms with E-state index >= 15 is 0 Å². The highest BCUT2D eigenvalue weighted by Gasteiger charge is 2.07. The Labute approximate surface area is 157 Å². The zero-order chi connectivity index (χ0) is 19.3. The maximum Gasteiger partial charge on any atom is 0.249 e. The molecule has 0 aliphatic rings. The van der Waals surface area contributed by atoms with Crippen molar-refractivity contribution in [2.45, 2.75) is 18.2 Å². The molecule has 27 heavy (non-hydrogen) atoms. The van der Waals surface area contributed by atoms with Gasteiger partial charge in [0.2, 0.25) is 16.0 Å². The predicted octanol–water partition coefficient (Wildman–Crippen LogP) is 2.23. The molecular weight excluding hydrogens is 364 g/mol. The van der Waals surface area contributed by atoms with Crippen LogP contribution in [0, 0.1) is 6.92 Å². The molecule has 140 valence electrons. The molecular formula is C18H20N6O2S. The van der Waals surface area contributed by atoms with Gasteiger partial charge in [-0.2, -0.15) is 10.1 Å². The van der Waals surface area contributed by atoms with Crippen molar-refractivity contribution in [1.29, 1.82) is 0 Å². The third-order valence-electron chi connectivity index (χ3n) is 3.80. The molecule has 0 saturated carbocycles. The van der Waals surface area contributed by atoms with Crippen LogP contribution in [0.25, 0.3) is 0 Å². The molecule has 0 atom stereocenters. The molecule has 0 saturated heterocycles. The van der Waals surface area contributed by atoms with Crippen LogP contribution in [0.4, 0.5) is 17.5 Å². The summed E-state index contributed by atoms with van der Waals surface area (Å²) < 4.78 is 22.5. The summed E-state index contributed by atoms with van der Waals surface area (Å²) in [6.07, 6.45) is 2.24. The number of rotatable bonds is 7. The van der Waals surface area contributed by atoms with Gasteiger partial charge >= 0.3 is 0 Å². The second-order valence-corrected chi connectivity index (χ2v) is 7.59. The lowest BCUT2D eigenvalue weighted by Crippen LogP contribution is -2.12. The summed E-state index contributed by atoms with van der Waals surface area (Å²) in [7, 11) is -3.66. The third kappa shape index (κ3) is 5.47. The zero-order valence-electron chi connectivity index (χ0n) is 14.8. The molecule has 4 N–H and O–H groups in total. The number of aryl methyl sites for hydroxylation is 1. The summed E-state index contributed by atoms with van der Waals surface area (Å²) in [4.78, 5) is 4.49. The van der Waals surface area contributed by atoms with E-state index < -0.39 is 10.0 Å². The third-order valence-corrected chi connectivity index (χ3v) is 4.73. The Hall–Kier alpha value is -3.04. The van der Waals surface area contributed by atoms with Gasteiger partial charge in [-0.1, -0.05) is 24.3 Å². The van der Waals surface area contributed by atoms with E-state index in [0.29, 0.717) is 24.7 Å². The first-order chi connectivity index (χ1) is 12.9. The van der Waals surface area contributed by atoms with E-state index in [1.54, 1.807) is 18.3 Å². The van der Waals surface area contributed by atoms with E-state index in [2.05, 4.69) is 25.8 Å². The molecule has 0 aliphatic carbocycles. The lowest BCUT2D eigenvalue weighted by atomic mass is 10.1. The van der Waals surface area contributed by atoms with Gasteiger partial charge in [-0.3, -0.25) is 0 Å². The molecule has 3 rings (SSSR count). The van der Waals surface area contributed by atoms with Crippen LogP contribution < -0.4 is 15.8 Å². The monoisotopic (exact) mass is 384 g/mol. The summed E-state index contributed by atoms with van der Waals surface area (Å²) in [5, 5.41) is 19.3. The average Bonchev–Trinajstić information content (AvgIpc) is 2.62. The van der Waals surface area contributed by atoms with Crippen molar-refractivity contribution in [3.8, 4) is 0 Å². The van der Waals surface area contributed by atoms with Crippen molar-refractivity contribution in [3.05, 3.63) is 65.9 Å². The lowest BCUT2D eigenvalue weighted by Gasteiger charge is -2.08. The molecule has 0 unspecified atom stereocenters. The molecule has 3 aromatic rings. The molecule has 0 spiro atoms. The van der Waals surface area contributed by atoms with E-state index in [4.69, 9.17) is 5.14 Å². The molecule has 8 nitrogen and oxygen atoms in total. The molecule has 0 aliphatic heterocycles. The number of primary sulfonamides is 1. The fourth-order valence-corrected chi connectivity index (χ4v) is 2.99. The van der Waals surface area contributed by atoms with E-state index in [0.717, 1.165) is 16.8 Å². The molecule has 0 amide bonds. The summed E-state index contributed by atoms with van der Waals surface area (Å²) >= 11 is 0. The minimum Gasteiger partial charge on any atom is -0.368 e. The van der Waals surface area contributed by atoms with Gasteiger partial charge in [-0.05, 0) is 48.7 Å². The number of sulfonamides is 1. The predicted molar refractivity (Wildman–Crippen MR) is 104 cm³/mol. The van der Waals surface area contributed by atoms with Gasteiger partial charge in [0.05, 0.1) is 11.1 Å².